The molecule has 2 aromatic rings. The number of hydrogen-bond donors (Lipinski definition) is 1. The SMILES string of the molecule is CN(Cl)CCCN(CCCNCl)c1ccc(N=Nc2n(C)cc[n+]2C)cc1. The minimum Gasteiger partial charge on any atom is -0.371 e. The molecule has 0 spiro atoms. The van der Waals surface area contributed by atoms with Gasteiger partial charge in [-0.1, -0.05) is 5.11 Å². The van der Waals surface area contributed by atoms with Gasteiger partial charge in [0.05, 0.1) is 26.5 Å². The zero-order valence-corrected chi connectivity index (χ0v) is 17.7. The van der Waals surface area contributed by atoms with Crippen LogP contribution in [-0.4, -0.2) is 42.2 Å². The van der Waals surface area contributed by atoms with Crippen molar-refractivity contribution in [2.24, 2.45) is 24.3 Å². The van der Waals surface area contributed by atoms with Crippen molar-refractivity contribution in [3.63, 3.8) is 0 Å². The van der Waals surface area contributed by atoms with Crippen LogP contribution >= 0.6 is 23.6 Å². The molecule has 1 N–H and O–H groups in total. The van der Waals surface area contributed by atoms with Crippen molar-refractivity contribution in [2.45, 2.75) is 12.8 Å². The number of anilines is 1. The summed E-state index contributed by atoms with van der Waals surface area (Å²) in [5, 5.41) is 8.68. The molecule has 0 aliphatic rings. The van der Waals surface area contributed by atoms with Crippen molar-refractivity contribution < 1.29 is 4.57 Å². The Morgan fingerprint density at radius 3 is 2.41 bits per heavy atom. The third-order valence-corrected chi connectivity index (χ3v) is 4.57. The lowest BCUT2D eigenvalue weighted by Crippen LogP contribution is -2.28. The van der Waals surface area contributed by atoms with Gasteiger partial charge in [-0.05, 0) is 60.7 Å². The van der Waals surface area contributed by atoms with Gasteiger partial charge in [0, 0.05) is 44.0 Å². The lowest BCUT2D eigenvalue weighted by atomic mass is 10.2. The highest BCUT2D eigenvalue weighted by Gasteiger charge is 2.11. The second-order valence-corrected chi connectivity index (χ2v) is 7.29. The molecule has 0 unspecified atom stereocenters. The summed E-state index contributed by atoms with van der Waals surface area (Å²) < 4.78 is 5.54. The van der Waals surface area contributed by atoms with Crippen LogP contribution in [0.5, 0.6) is 0 Å². The van der Waals surface area contributed by atoms with Crippen LogP contribution in [0.1, 0.15) is 12.8 Å². The minimum absolute atomic E-state index is 0.771. The molecule has 0 bridgehead atoms. The topological polar surface area (TPSA) is 52.0 Å². The molecule has 9 heteroatoms. The van der Waals surface area contributed by atoms with E-state index >= 15 is 0 Å². The molecule has 0 aliphatic heterocycles. The van der Waals surface area contributed by atoms with Crippen LogP contribution in [-0.2, 0) is 14.1 Å². The van der Waals surface area contributed by atoms with E-state index in [4.69, 9.17) is 23.6 Å². The highest BCUT2D eigenvalue weighted by Crippen LogP contribution is 2.22. The highest BCUT2D eigenvalue weighted by atomic mass is 35.5. The van der Waals surface area contributed by atoms with Crippen molar-refractivity contribution >= 4 is 40.9 Å². The van der Waals surface area contributed by atoms with Crippen molar-refractivity contribution in [1.82, 2.24) is 13.8 Å². The highest BCUT2D eigenvalue weighted by molar-refractivity contribution is 6.13. The molecule has 148 valence electrons. The Balaban J connectivity index is 2.03. The first kappa shape index (κ1) is 21.6. The Morgan fingerprint density at radius 2 is 1.81 bits per heavy atom. The number of hydrogen-bond acceptors (Lipinski definition) is 5. The molecule has 0 radical (unpaired) electrons. The van der Waals surface area contributed by atoms with Gasteiger partial charge in [-0.3, -0.25) is 0 Å². The second-order valence-electron chi connectivity index (χ2n) is 6.44. The lowest BCUT2D eigenvalue weighted by molar-refractivity contribution is -0.657. The van der Waals surface area contributed by atoms with Gasteiger partial charge < -0.3 is 4.90 Å². The normalized spacial score (nSPS) is 11.6. The fourth-order valence-electron chi connectivity index (χ4n) is 2.74. The van der Waals surface area contributed by atoms with Gasteiger partial charge in [0.25, 0.3) is 0 Å². The molecule has 0 fully saturated rings. The van der Waals surface area contributed by atoms with Gasteiger partial charge >= 0.3 is 5.95 Å². The van der Waals surface area contributed by atoms with Crippen LogP contribution in [0.15, 0.2) is 46.9 Å². The number of nitrogens with one attached hydrogen (secondary N) is 1. The molecule has 1 aromatic carbocycles. The fourth-order valence-corrected chi connectivity index (χ4v) is 3.00. The molecule has 0 aliphatic carbocycles. The maximum absolute atomic E-state index is 5.92. The predicted octanol–water partition coefficient (Wildman–Crippen LogP) is 3.68. The molecular weight excluding hydrogens is 385 g/mol. The van der Waals surface area contributed by atoms with Crippen molar-refractivity contribution in [3.05, 3.63) is 36.7 Å². The number of imidazole rings is 1. The quantitative estimate of drug-likeness (QED) is 0.265. The van der Waals surface area contributed by atoms with Crippen LogP contribution in [0.4, 0.5) is 17.3 Å². The van der Waals surface area contributed by atoms with E-state index in [1.54, 1.807) is 4.42 Å². The number of nitrogens with zero attached hydrogens (tertiary/aromatic N) is 6. The van der Waals surface area contributed by atoms with Gasteiger partial charge in [0.15, 0.2) is 0 Å². The van der Waals surface area contributed by atoms with Crippen molar-refractivity contribution in [2.75, 3.05) is 38.1 Å². The molecule has 1 aromatic heterocycles. The smallest absolute Gasteiger partial charge is 0.371 e. The third-order valence-electron chi connectivity index (χ3n) is 4.21. The number of azo groups is 1. The Hall–Kier alpha value is -1.67. The average Bonchev–Trinajstić information content (AvgIpc) is 2.97. The average molecular weight is 413 g/mol. The number of aromatic nitrogens is 2. The summed E-state index contributed by atoms with van der Waals surface area (Å²) in [5.74, 6) is 0.791. The predicted molar refractivity (Wildman–Crippen MR) is 111 cm³/mol. The first-order valence-corrected chi connectivity index (χ1v) is 9.71. The maximum atomic E-state index is 5.92. The number of halogens is 2. The zero-order valence-electron chi connectivity index (χ0n) is 16.1. The molecule has 0 saturated heterocycles. The van der Waals surface area contributed by atoms with E-state index in [0.29, 0.717) is 0 Å². The van der Waals surface area contributed by atoms with E-state index in [-0.39, 0.29) is 0 Å². The molecule has 7 nitrogen and oxygen atoms in total. The molecule has 2 rings (SSSR count). The monoisotopic (exact) mass is 412 g/mol. The first-order valence-electron chi connectivity index (χ1n) is 8.99. The summed E-state index contributed by atoms with van der Waals surface area (Å²) in [5.41, 5.74) is 1.98. The second kappa shape index (κ2) is 11.2. The molecular formula is C18H28Cl2N7+. The summed E-state index contributed by atoms with van der Waals surface area (Å²) >= 11 is 11.5. The van der Waals surface area contributed by atoms with E-state index < -0.39 is 0 Å². The molecule has 1 heterocycles. The zero-order chi connectivity index (χ0) is 19.6. The van der Waals surface area contributed by atoms with Gasteiger partial charge in [-0.2, -0.15) is 0 Å². The molecule has 0 amide bonds. The lowest BCUT2D eigenvalue weighted by Gasteiger charge is -2.25. The number of aryl methyl sites for hydroxylation is 2. The van der Waals surface area contributed by atoms with Crippen LogP contribution in [0, 0.1) is 0 Å². The standard InChI is InChI=1S/C18H28Cl2N7/c1-24-14-15-25(2)18(24)23-22-16-6-8-17(9-7-16)27(12-4-10-21-19)13-5-11-26(3)20/h6-9,14-15,21H,4-5,10-13H2,1-3H3/q+1. The Morgan fingerprint density at radius 1 is 1.11 bits per heavy atom. The molecule has 27 heavy (non-hydrogen) atoms. The van der Waals surface area contributed by atoms with E-state index in [1.165, 1.54) is 0 Å². The van der Waals surface area contributed by atoms with E-state index in [2.05, 4.69) is 32.1 Å². The third kappa shape index (κ3) is 7.10. The van der Waals surface area contributed by atoms with Gasteiger partial charge in [-0.15, -0.1) is 0 Å². The fraction of sp³-hybridized carbons (Fsp3) is 0.500. The number of rotatable bonds is 11. The van der Waals surface area contributed by atoms with Gasteiger partial charge in [0.1, 0.15) is 5.69 Å². The number of benzene rings is 1. The summed E-state index contributed by atoms with van der Waals surface area (Å²) in [6.45, 7) is 3.46. The maximum Gasteiger partial charge on any atom is 0.421 e. The molecule has 0 saturated carbocycles. The van der Waals surface area contributed by atoms with Crippen LogP contribution in [0.2, 0.25) is 0 Å². The van der Waals surface area contributed by atoms with E-state index in [1.807, 2.05) is 54.8 Å². The van der Waals surface area contributed by atoms with E-state index in [9.17, 15) is 0 Å². The Labute approximate surface area is 171 Å². The van der Waals surface area contributed by atoms with Crippen LogP contribution in [0.3, 0.4) is 0 Å². The van der Waals surface area contributed by atoms with Crippen LogP contribution < -0.4 is 14.3 Å². The molecule has 0 atom stereocenters. The largest absolute Gasteiger partial charge is 0.421 e. The van der Waals surface area contributed by atoms with Crippen molar-refractivity contribution in [3.8, 4) is 0 Å². The first-order chi connectivity index (χ1) is 13.0. The summed E-state index contributed by atoms with van der Waals surface area (Å²) in [7, 11) is 5.77. The summed E-state index contributed by atoms with van der Waals surface area (Å²) in [4.78, 5) is 5.02. The van der Waals surface area contributed by atoms with E-state index in [0.717, 1.165) is 56.3 Å². The summed E-state index contributed by atoms with van der Waals surface area (Å²) in [6.07, 6.45) is 5.85. The van der Waals surface area contributed by atoms with Crippen LogP contribution in [0.25, 0.3) is 0 Å². The Bertz CT molecular complexity index is 694. The Kier molecular flexibility index (Phi) is 9.00. The van der Waals surface area contributed by atoms with Gasteiger partial charge in [0.2, 0.25) is 0 Å². The minimum atomic E-state index is 0.771. The van der Waals surface area contributed by atoms with Gasteiger partial charge in [-0.25, -0.2) is 18.4 Å². The summed E-state index contributed by atoms with van der Waals surface area (Å²) in [6, 6.07) is 8.14. The van der Waals surface area contributed by atoms with Crippen molar-refractivity contribution in [1.29, 1.82) is 0 Å².